The van der Waals surface area contributed by atoms with Gasteiger partial charge in [0.15, 0.2) is 0 Å². The monoisotopic (exact) mass is 739 g/mol. The van der Waals surface area contributed by atoms with Crippen molar-refractivity contribution in [2.24, 2.45) is 0 Å². The van der Waals surface area contributed by atoms with Crippen molar-refractivity contribution in [3.63, 3.8) is 0 Å². The Morgan fingerprint density at radius 2 is 1.00 bits per heavy atom. The number of hydrogen-bond donors (Lipinski definition) is 0. The fourth-order valence-corrected chi connectivity index (χ4v) is 8.85. The molecule has 0 fully saturated rings. The number of rotatable bonds is 12. The van der Waals surface area contributed by atoms with E-state index in [0.717, 1.165) is 6.08 Å². The molecular formula is C19H17F18O2Sn. The molecule has 0 aliphatic carbocycles. The van der Waals surface area contributed by atoms with Crippen LogP contribution < -0.4 is 0 Å². The van der Waals surface area contributed by atoms with Crippen LogP contribution in [-0.4, -0.2) is 70.4 Å². The van der Waals surface area contributed by atoms with Crippen LogP contribution in [0.5, 0.6) is 0 Å². The molecule has 235 valence electrons. The third-order valence-electron chi connectivity index (χ3n) is 5.29. The van der Waals surface area contributed by atoms with Crippen molar-refractivity contribution in [1.82, 2.24) is 0 Å². The first-order valence-electron chi connectivity index (χ1n) is 10.6. The molecular weight excluding hydrogens is 721 g/mol. The Bertz CT molecular complexity index is 900. The summed E-state index contributed by atoms with van der Waals surface area (Å²) in [4.78, 5) is 0. The molecule has 1 aliphatic rings. The van der Waals surface area contributed by atoms with Gasteiger partial charge >= 0.3 is 220 Å². The van der Waals surface area contributed by atoms with Crippen molar-refractivity contribution < 1.29 is 86.8 Å². The molecule has 0 aromatic carbocycles. The van der Waals surface area contributed by atoms with E-state index in [0.29, 0.717) is 6.26 Å². The maximum absolute atomic E-state index is 14.7. The van der Waals surface area contributed by atoms with E-state index in [4.69, 9.17) is 0 Å². The Labute approximate surface area is 220 Å². The first kappa shape index (κ1) is 36.8. The van der Waals surface area contributed by atoms with E-state index in [1.54, 1.807) is 0 Å². The average molecular weight is 738 g/mol. The van der Waals surface area contributed by atoms with Crippen molar-refractivity contribution in [1.29, 1.82) is 0 Å². The van der Waals surface area contributed by atoms with Crippen LogP contribution in [0, 0.1) is 0 Å². The second kappa shape index (κ2) is 11.5. The molecule has 1 atom stereocenters. The summed E-state index contributed by atoms with van der Waals surface area (Å²) in [6.45, 7) is 2.75. The molecule has 1 heterocycles. The van der Waals surface area contributed by atoms with E-state index < -0.39 is 82.4 Å². The topological polar surface area (TPSA) is 18.5 Å². The molecule has 0 spiro atoms. The van der Waals surface area contributed by atoms with E-state index in [9.17, 15) is 79.0 Å². The molecule has 40 heavy (non-hydrogen) atoms. The number of ether oxygens (including phenoxy) is 1. The zero-order valence-electron chi connectivity index (χ0n) is 19.7. The van der Waals surface area contributed by atoms with Crippen LogP contribution in [0.2, 0.25) is 0 Å². The molecule has 0 aromatic rings. The summed E-state index contributed by atoms with van der Waals surface area (Å²) in [6.07, 6.45) is -17.4. The average Bonchev–Trinajstić information content (AvgIpc) is 2.77. The van der Waals surface area contributed by atoms with Gasteiger partial charge in [-0.2, -0.15) is 0 Å². The van der Waals surface area contributed by atoms with Gasteiger partial charge in [0.1, 0.15) is 0 Å². The number of hydrogen-bond acceptors (Lipinski definition) is 2. The van der Waals surface area contributed by atoms with Crippen LogP contribution in [0.3, 0.4) is 0 Å². The number of allylic oxidation sites excluding steroid dienone is 2. The first-order valence-corrected chi connectivity index (χ1v) is 14.6. The van der Waals surface area contributed by atoms with Gasteiger partial charge < -0.3 is 0 Å². The molecule has 0 bridgehead atoms. The SMILES string of the molecule is CCCC1=C(CCC)C([O][Sn]([C](F)(F)C(F)(F)C(F)(F)C(F)(F)F)[C](F)(F)C(F)(F)C(F)(F)C(F)(F)F)OC=C1. The molecule has 21 heteroatoms. The molecule has 2 nitrogen and oxygen atoms in total. The minimum absolute atomic E-state index is 0.0882. The van der Waals surface area contributed by atoms with Crippen molar-refractivity contribution in [2.45, 2.75) is 89.7 Å². The van der Waals surface area contributed by atoms with Gasteiger partial charge in [0, 0.05) is 0 Å². The Kier molecular flexibility index (Phi) is 10.5. The fourth-order valence-electron chi connectivity index (χ4n) is 3.18. The molecule has 1 aliphatic heterocycles. The van der Waals surface area contributed by atoms with Crippen molar-refractivity contribution in [2.75, 3.05) is 0 Å². The van der Waals surface area contributed by atoms with Crippen molar-refractivity contribution >= 4 is 20.2 Å². The molecule has 0 amide bonds. The summed E-state index contributed by atoms with van der Waals surface area (Å²) in [6, 6.07) is 0. The van der Waals surface area contributed by atoms with Crippen molar-refractivity contribution in [3.05, 3.63) is 23.5 Å². The van der Waals surface area contributed by atoms with Crippen LogP contribution in [0.15, 0.2) is 23.5 Å². The number of halogens is 18. The van der Waals surface area contributed by atoms with Gasteiger partial charge in [-0.3, -0.25) is 0 Å². The summed E-state index contributed by atoms with van der Waals surface area (Å²) in [5.41, 5.74) is -0.678. The van der Waals surface area contributed by atoms with E-state index in [-0.39, 0.29) is 24.8 Å². The van der Waals surface area contributed by atoms with E-state index in [1.165, 1.54) is 13.8 Å². The van der Waals surface area contributed by atoms with E-state index in [2.05, 4.69) is 7.81 Å². The molecule has 0 aromatic heterocycles. The summed E-state index contributed by atoms with van der Waals surface area (Å²) < 4.78 is 237. The molecule has 0 saturated carbocycles. The van der Waals surface area contributed by atoms with E-state index >= 15 is 0 Å². The van der Waals surface area contributed by atoms with Gasteiger partial charge in [0.05, 0.1) is 0 Å². The van der Waals surface area contributed by atoms with Gasteiger partial charge in [-0.1, -0.05) is 0 Å². The quantitative estimate of drug-likeness (QED) is 0.147. The zero-order valence-corrected chi connectivity index (χ0v) is 22.5. The van der Waals surface area contributed by atoms with Crippen LogP contribution in [0.4, 0.5) is 79.0 Å². The molecule has 1 radical (unpaired) electrons. The summed E-state index contributed by atoms with van der Waals surface area (Å²) >= 11 is -9.10. The summed E-state index contributed by atoms with van der Waals surface area (Å²) in [7, 11) is 0. The Hall–Kier alpha value is -1.22. The summed E-state index contributed by atoms with van der Waals surface area (Å²) in [5.74, 6) is -32.2. The van der Waals surface area contributed by atoms with Gasteiger partial charge in [-0.25, -0.2) is 0 Å². The molecule has 0 saturated heterocycles. The standard InChI is InChI=1S/C11H17O2.2C4F9.Sn/c1-3-5-9-7-8-13-11(12)10(9)6-4-2;2*5-1(6)2(7,8)3(9,10)4(11,12)13;/h7-8,11H,3-6H2,1-2H3;;;/q-1;;;+1. The number of alkyl halides is 18. The Morgan fingerprint density at radius 1 is 0.625 bits per heavy atom. The fraction of sp³-hybridized carbons (Fsp3) is 0.789. The predicted octanol–water partition coefficient (Wildman–Crippen LogP) is 8.78. The zero-order chi connectivity index (χ0) is 32.0. The normalized spacial score (nSPS) is 19.0. The second-order valence-electron chi connectivity index (χ2n) is 8.21. The molecule has 0 N–H and O–H groups in total. The van der Waals surface area contributed by atoms with Crippen molar-refractivity contribution in [3.8, 4) is 0 Å². The van der Waals surface area contributed by atoms with Gasteiger partial charge in [0.25, 0.3) is 0 Å². The Balaban J connectivity index is 4.01. The minimum atomic E-state index is -9.10. The van der Waals surface area contributed by atoms with Gasteiger partial charge in [-0.15, -0.1) is 0 Å². The third kappa shape index (κ3) is 5.97. The van der Waals surface area contributed by atoms with Gasteiger partial charge in [0.2, 0.25) is 0 Å². The first-order chi connectivity index (χ1) is 17.6. The second-order valence-corrected chi connectivity index (χ2v) is 14.3. The van der Waals surface area contributed by atoms with Crippen LogP contribution >= 0.6 is 0 Å². The Morgan fingerprint density at radius 3 is 1.32 bits per heavy atom. The van der Waals surface area contributed by atoms with Crippen LogP contribution in [0.1, 0.15) is 39.5 Å². The van der Waals surface area contributed by atoms with Gasteiger partial charge in [-0.05, 0) is 0 Å². The predicted molar refractivity (Wildman–Crippen MR) is 99.5 cm³/mol. The van der Waals surface area contributed by atoms with Crippen LogP contribution in [-0.2, 0) is 7.81 Å². The van der Waals surface area contributed by atoms with E-state index in [1.807, 2.05) is 0 Å². The van der Waals surface area contributed by atoms with Crippen LogP contribution in [0.25, 0.3) is 0 Å². The summed E-state index contributed by atoms with van der Waals surface area (Å²) in [5, 5.41) is 0. The third-order valence-corrected chi connectivity index (χ3v) is 11.6. The molecule has 1 rings (SSSR count). The maximum atomic E-state index is 14.7. The molecule has 1 unspecified atom stereocenters.